The van der Waals surface area contributed by atoms with Gasteiger partial charge in [0, 0.05) is 38.7 Å². The molecule has 1 fully saturated rings. The molecule has 1 aromatic carbocycles. The zero-order chi connectivity index (χ0) is 13.8. The molecule has 1 aliphatic rings. The summed E-state index contributed by atoms with van der Waals surface area (Å²) in [7, 11) is 0. The summed E-state index contributed by atoms with van der Waals surface area (Å²) in [6, 6.07) is 1.23. The maximum atomic E-state index is 13.4. The van der Waals surface area contributed by atoms with E-state index in [9.17, 15) is 18.0 Å². The minimum absolute atomic E-state index is 0.0981. The molecule has 1 aliphatic heterocycles. The van der Waals surface area contributed by atoms with Crippen LogP contribution >= 0.6 is 0 Å². The van der Waals surface area contributed by atoms with Gasteiger partial charge in [-0.2, -0.15) is 0 Å². The molecule has 0 amide bonds. The summed E-state index contributed by atoms with van der Waals surface area (Å²) >= 11 is 0. The van der Waals surface area contributed by atoms with Crippen molar-refractivity contribution in [2.75, 3.05) is 32.7 Å². The van der Waals surface area contributed by atoms with Crippen molar-refractivity contribution < 1.29 is 18.0 Å². The van der Waals surface area contributed by atoms with Gasteiger partial charge >= 0.3 is 0 Å². The standard InChI is InChI=1S/C13H15F3N2O/c14-11-7-13(16)12(15)6-9(11)5-10(19)8-18-3-1-17-2-4-18/h6-7,17H,1-5,8H2. The van der Waals surface area contributed by atoms with Crippen molar-refractivity contribution in [1.29, 1.82) is 0 Å². The van der Waals surface area contributed by atoms with E-state index in [1.165, 1.54) is 0 Å². The van der Waals surface area contributed by atoms with Crippen LogP contribution in [0, 0.1) is 17.5 Å². The van der Waals surface area contributed by atoms with Crippen molar-refractivity contribution in [1.82, 2.24) is 10.2 Å². The number of hydrogen-bond acceptors (Lipinski definition) is 3. The molecule has 0 bridgehead atoms. The number of carbonyl (C=O) groups is 1. The monoisotopic (exact) mass is 272 g/mol. The topological polar surface area (TPSA) is 32.3 Å². The summed E-state index contributed by atoms with van der Waals surface area (Å²) < 4.78 is 39.1. The molecule has 104 valence electrons. The molecule has 0 aliphatic carbocycles. The lowest BCUT2D eigenvalue weighted by Crippen LogP contribution is -2.45. The lowest BCUT2D eigenvalue weighted by atomic mass is 10.1. The number of piperazine rings is 1. The Kier molecular flexibility index (Phi) is 4.55. The number of rotatable bonds is 4. The van der Waals surface area contributed by atoms with Crippen molar-refractivity contribution >= 4 is 5.78 Å². The first-order valence-electron chi connectivity index (χ1n) is 6.14. The molecular formula is C13H15F3N2O. The van der Waals surface area contributed by atoms with Gasteiger partial charge in [-0.15, -0.1) is 0 Å². The van der Waals surface area contributed by atoms with Crippen LogP contribution in [0.25, 0.3) is 0 Å². The molecule has 1 N–H and O–H groups in total. The van der Waals surface area contributed by atoms with E-state index < -0.39 is 17.5 Å². The Morgan fingerprint density at radius 2 is 1.74 bits per heavy atom. The predicted molar refractivity (Wildman–Crippen MR) is 64.3 cm³/mol. The van der Waals surface area contributed by atoms with Crippen molar-refractivity contribution in [3.63, 3.8) is 0 Å². The van der Waals surface area contributed by atoms with Gasteiger partial charge in [0.1, 0.15) is 5.82 Å². The van der Waals surface area contributed by atoms with Gasteiger partial charge in [-0.1, -0.05) is 0 Å². The van der Waals surface area contributed by atoms with Crippen LogP contribution in [0.5, 0.6) is 0 Å². The van der Waals surface area contributed by atoms with Gasteiger partial charge in [-0.05, 0) is 11.6 Å². The number of hydrogen-bond donors (Lipinski definition) is 1. The first-order chi connectivity index (χ1) is 9.06. The van der Waals surface area contributed by atoms with E-state index in [0.29, 0.717) is 6.07 Å². The number of nitrogens with zero attached hydrogens (tertiary/aromatic N) is 1. The molecule has 1 saturated heterocycles. The molecule has 0 aromatic heterocycles. The van der Waals surface area contributed by atoms with E-state index >= 15 is 0 Å². The molecular weight excluding hydrogens is 257 g/mol. The molecule has 0 saturated carbocycles. The quantitative estimate of drug-likeness (QED) is 0.834. The average molecular weight is 272 g/mol. The Labute approximate surface area is 109 Å². The lowest BCUT2D eigenvalue weighted by molar-refractivity contribution is -0.119. The summed E-state index contributed by atoms with van der Waals surface area (Å²) in [5, 5.41) is 3.16. The van der Waals surface area contributed by atoms with Gasteiger partial charge < -0.3 is 5.32 Å². The molecule has 1 heterocycles. The van der Waals surface area contributed by atoms with Crippen molar-refractivity contribution in [2.45, 2.75) is 6.42 Å². The number of ketones is 1. The number of Topliss-reactive ketones (excluding diaryl/α,β-unsaturated/α-hetero) is 1. The molecule has 1 aromatic rings. The van der Waals surface area contributed by atoms with Gasteiger partial charge in [-0.25, -0.2) is 13.2 Å². The Morgan fingerprint density at radius 3 is 2.42 bits per heavy atom. The molecule has 6 heteroatoms. The third kappa shape index (κ3) is 3.78. The minimum Gasteiger partial charge on any atom is -0.314 e. The fraction of sp³-hybridized carbons (Fsp3) is 0.462. The van der Waals surface area contributed by atoms with Crippen LogP contribution in [0.3, 0.4) is 0 Å². The smallest absolute Gasteiger partial charge is 0.161 e. The zero-order valence-corrected chi connectivity index (χ0v) is 10.4. The van der Waals surface area contributed by atoms with Crippen LogP contribution in [0.4, 0.5) is 13.2 Å². The molecule has 2 rings (SSSR count). The van der Waals surface area contributed by atoms with Gasteiger partial charge in [0.05, 0.1) is 6.54 Å². The fourth-order valence-electron chi connectivity index (χ4n) is 2.09. The van der Waals surface area contributed by atoms with Crippen LogP contribution in [-0.4, -0.2) is 43.4 Å². The number of carbonyl (C=O) groups excluding carboxylic acids is 1. The highest BCUT2D eigenvalue weighted by molar-refractivity contribution is 5.82. The van der Waals surface area contributed by atoms with Crippen LogP contribution < -0.4 is 5.32 Å². The lowest BCUT2D eigenvalue weighted by Gasteiger charge is -2.26. The van der Waals surface area contributed by atoms with Crippen LogP contribution in [-0.2, 0) is 11.2 Å². The largest absolute Gasteiger partial charge is 0.314 e. The Hall–Kier alpha value is -1.40. The summed E-state index contributed by atoms with van der Waals surface area (Å²) in [5.74, 6) is -3.46. The highest BCUT2D eigenvalue weighted by Gasteiger charge is 2.16. The summed E-state index contributed by atoms with van der Waals surface area (Å²) in [6.45, 7) is 3.34. The van der Waals surface area contributed by atoms with Crippen molar-refractivity contribution in [3.05, 3.63) is 35.1 Å². The van der Waals surface area contributed by atoms with E-state index in [-0.39, 0.29) is 24.3 Å². The van der Waals surface area contributed by atoms with E-state index in [1.807, 2.05) is 4.90 Å². The summed E-state index contributed by atoms with van der Waals surface area (Å²) in [4.78, 5) is 13.7. The van der Waals surface area contributed by atoms with Gasteiger partial charge in [0.25, 0.3) is 0 Å². The molecule has 19 heavy (non-hydrogen) atoms. The van der Waals surface area contributed by atoms with E-state index in [1.54, 1.807) is 0 Å². The maximum absolute atomic E-state index is 13.4. The van der Waals surface area contributed by atoms with Crippen LogP contribution in [0.2, 0.25) is 0 Å². The second-order valence-corrected chi connectivity index (χ2v) is 4.60. The SMILES string of the molecule is O=C(Cc1cc(F)c(F)cc1F)CN1CCNCC1. The maximum Gasteiger partial charge on any atom is 0.161 e. The van der Waals surface area contributed by atoms with Gasteiger partial charge in [0.2, 0.25) is 0 Å². The van der Waals surface area contributed by atoms with E-state index in [0.717, 1.165) is 32.2 Å². The third-order valence-corrected chi connectivity index (χ3v) is 3.09. The fourth-order valence-corrected chi connectivity index (χ4v) is 2.09. The molecule has 0 atom stereocenters. The molecule has 0 spiro atoms. The molecule has 0 radical (unpaired) electrons. The molecule has 0 unspecified atom stereocenters. The van der Waals surface area contributed by atoms with Gasteiger partial charge in [-0.3, -0.25) is 9.69 Å². The summed E-state index contributed by atoms with van der Waals surface area (Å²) in [5.41, 5.74) is -0.0981. The van der Waals surface area contributed by atoms with Crippen LogP contribution in [0.15, 0.2) is 12.1 Å². The number of halogens is 3. The Balaban J connectivity index is 1.96. The Bertz CT molecular complexity index is 473. The Morgan fingerprint density at radius 1 is 1.11 bits per heavy atom. The first-order valence-corrected chi connectivity index (χ1v) is 6.14. The average Bonchev–Trinajstić information content (AvgIpc) is 2.37. The van der Waals surface area contributed by atoms with Crippen LogP contribution in [0.1, 0.15) is 5.56 Å². The van der Waals surface area contributed by atoms with E-state index in [2.05, 4.69) is 5.32 Å². The first kappa shape index (κ1) is 14.0. The highest BCUT2D eigenvalue weighted by atomic mass is 19.2. The highest BCUT2D eigenvalue weighted by Crippen LogP contribution is 2.14. The predicted octanol–water partition coefficient (Wildman–Crippen LogP) is 1.12. The van der Waals surface area contributed by atoms with Gasteiger partial charge in [0.15, 0.2) is 17.4 Å². The van der Waals surface area contributed by atoms with Crippen molar-refractivity contribution in [2.24, 2.45) is 0 Å². The number of nitrogens with one attached hydrogen (secondary N) is 1. The second-order valence-electron chi connectivity index (χ2n) is 4.60. The number of benzene rings is 1. The van der Waals surface area contributed by atoms with Crippen molar-refractivity contribution in [3.8, 4) is 0 Å². The third-order valence-electron chi connectivity index (χ3n) is 3.09. The zero-order valence-electron chi connectivity index (χ0n) is 10.4. The second kappa shape index (κ2) is 6.16. The summed E-state index contributed by atoms with van der Waals surface area (Å²) in [6.07, 6.45) is -0.215. The normalized spacial score (nSPS) is 16.6. The molecule has 3 nitrogen and oxygen atoms in total. The van der Waals surface area contributed by atoms with E-state index in [4.69, 9.17) is 0 Å². The minimum atomic E-state index is -1.24.